The molecule has 3 heterocycles. The summed E-state index contributed by atoms with van der Waals surface area (Å²) < 4.78 is 5.27. The zero-order chi connectivity index (χ0) is 18.1. The molecule has 136 valence electrons. The highest BCUT2D eigenvalue weighted by atomic mass is 16.5. The van der Waals surface area contributed by atoms with Crippen molar-refractivity contribution in [1.82, 2.24) is 15.0 Å². The Kier molecular flexibility index (Phi) is 4.46. The summed E-state index contributed by atoms with van der Waals surface area (Å²) in [6.45, 7) is 5.50. The Morgan fingerprint density at radius 3 is 2.77 bits per heavy atom. The molecule has 1 unspecified atom stereocenters. The lowest BCUT2D eigenvalue weighted by Gasteiger charge is -2.37. The average Bonchev–Trinajstić information content (AvgIpc) is 3.06. The van der Waals surface area contributed by atoms with Crippen molar-refractivity contribution in [3.63, 3.8) is 0 Å². The summed E-state index contributed by atoms with van der Waals surface area (Å²) in [5.41, 5.74) is 2.54. The smallest absolute Gasteiger partial charge is 0.230 e. The molecule has 1 aromatic heterocycles. The number of carbonyl (C=O) groups excluding carboxylic acids is 2. The molecule has 1 N–H and O–H groups in total. The Bertz CT molecular complexity index is 824. The molecule has 0 aliphatic carbocycles. The molecule has 1 fully saturated rings. The van der Waals surface area contributed by atoms with Crippen LogP contribution in [0, 0.1) is 6.92 Å². The predicted octanol–water partition coefficient (Wildman–Crippen LogP) is 1.75. The van der Waals surface area contributed by atoms with Gasteiger partial charge in [-0.25, -0.2) is 0 Å². The number of carbonyl (C=O) groups is 2. The van der Waals surface area contributed by atoms with Crippen LogP contribution in [0.3, 0.4) is 0 Å². The minimum atomic E-state index is -0.386. The summed E-state index contributed by atoms with van der Waals surface area (Å²) in [5.74, 6) is 0.410. The van der Waals surface area contributed by atoms with Crippen LogP contribution in [0.4, 0.5) is 5.69 Å². The van der Waals surface area contributed by atoms with Gasteiger partial charge >= 0.3 is 0 Å². The predicted molar refractivity (Wildman–Crippen MR) is 95.5 cm³/mol. The van der Waals surface area contributed by atoms with E-state index in [1.165, 1.54) is 0 Å². The van der Waals surface area contributed by atoms with Crippen LogP contribution in [0.5, 0.6) is 0 Å². The number of aryl methyl sites for hydroxylation is 1. The van der Waals surface area contributed by atoms with Gasteiger partial charge in [0.2, 0.25) is 11.8 Å². The van der Waals surface area contributed by atoms with Crippen molar-refractivity contribution in [2.24, 2.45) is 0 Å². The lowest BCUT2D eigenvalue weighted by Crippen LogP contribution is -2.50. The largest absolute Gasteiger partial charge is 0.360 e. The molecular formula is C19H22N4O3. The fourth-order valence-corrected chi connectivity index (χ4v) is 3.69. The molecule has 2 aliphatic rings. The Morgan fingerprint density at radius 2 is 2.04 bits per heavy atom. The van der Waals surface area contributed by atoms with Gasteiger partial charge in [-0.3, -0.25) is 14.5 Å². The number of aromatic nitrogens is 1. The topological polar surface area (TPSA) is 78.7 Å². The maximum Gasteiger partial charge on any atom is 0.230 e. The number of hydrogen-bond acceptors (Lipinski definition) is 5. The first-order valence-corrected chi connectivity index (χ1v) is 8.92. The molecule has 1 atom stereocenters. The Morgan fingerprint density at radius 1 is 1.27 bits per heavy atom. The van der Waals surface area contributed by atoms with E-state index in [1.54, 1.807) is 0 Å². The Balaban J connectivity index is 1.40. The molecule has 0 bridgehead atoms. The molecule has 2 aliphatic heterocycles. The van der Waals surface area contributed by atoms with E-state index in [-0.39, 0.29) is 24.2 Å². The number of fused-ring (bicyclic) bond motifs is 1. The van der Waals surface area contributed by atoms with Gasteiger partial charge in [-0.1, -0.05) is 23.4 Å². The van der Waals surface area contributed by atoms with Crippen LogP contribution in [-0.2, 0) is 16.1 Å². The number of hydrogen-bond donors (Lipinski definition) is 1. The monoisotopic (exact) mass is 354 g/mol. The standard InChI is InChI=1S/C19H22N4O3/c1-13-10-14(26-21-13)12-22-6-8-23(9-7-22)19(25)16-11-18(24)20-17-5-3-2-4-15(16)17/h2-5,10,16H,6-9,11-12H2,1H3,(H,20,24). The third-order valence-electron chi connectivity index (χ3n) is 5.04. The van der Waals surface area contributed by atoms with E-state index in [9.17, 15) is 9.59 Å². The molecule has 0 saturated carbocycles. The van der Waals surface area contributed by atoms with Crippen LogP contribution in [0.25, 0.3) is 0 Å². The number of rotatable bonds is 3. The van der Waals surface area contributed by atoms with Gasteiger partial charge in [0.15, 0.2) is 5.76 Å². The van der Waals surface area contributed by atoms with Crippen LogP contribution in [0.1, 0.15) is 29.4 Å². The van der Waals surface area contributed by atoms with Crippen molar-refractivity contribution in [2.75, 3.05) is 31.5 Å². The van der Waals surface area contributed by atoms with E-state index in [2.05, 4.69) is 15.4 Å². The van der Waals surface area contributed by atoms with Crippen LogP contribution in [0.2, 0.25) is 0 Å². The molecule has 1 saturated heterocycles. The van der Waals surface area contributed by atoms with E-state index >= 15 is 0 Å². The van der Waals surface area contributed by atoms with Gasteiger partial charge in [-0.2, -0.15) is 0 Å². The van der Waals surface area contributed by atoms with E-state index < -0.39 is 0 Å². The fourth-order valence-electron chi connectivity index (χ4n) is 3.69. The second-order valence-electron chi connectivity index (χ2n) is 6.93. The summed E-state index contributed by atoms with van der Waals surface area (Å²) in [5, 5.41) is 6.76. The minimum Gasteiger partial charge on any atom is -0.360 e. The van der Waals surface area contributed by atoms with E-state index in [4.69, 9.17) is 4.52 Å². The van der Waals surface area contributed by atoms with Crippen molar-refractivity contribution >= 4 is 17.5 Å². The molecule has 26 heavy (non-hydrogen) atoms. The van der Waals surface area contributed by atoms with Crippen LogP contribution in [-0.4, -0.2) is 52.9 Å². The zero-order valence-corrected chi connectivity index (χ0v) is 14.8. The third-order valence-corrected chi connectivity index (χ3v) is 5.04. The first-order chi connectivity index (χ1) is 12.6. The summed E-state index contributed by atoms with van der Waals surface area (Å²) in [6, 6.07) is 9.50. The Labute approximate surface area is 151 Å². The van der Waals surface area contributed by atoms with E-state index in [0.717, 1.165) is 35.8 Å². The van der Waals surface area contributed by atoms with Crippen LogP contribution in [0.15, 0.2) is 34.9 Å². The average molecular weight is 354 g/mol. The van der Waals surface area contributed by atoms with Gasteiger partial charge < -0.3 is 14.7 Å². The first-order valence-electron chi connectivity index (χ1n) is 8.92. The summed E-state index contributed by atoms with van der Waals surface area (Å²) >= 11 is 0. The van der Waals surface area contributed by atoms with Gasteiger partial charge in [0.05, 0.1) is 18.2 Å². The lowest BCUT2D eigenvalue weighted by atomic mass is 9.89. The summed E-state index contributed by atoms with van der Waals surface area (Å²) in [4.78, 5) is 29.1. The van der Waals surface area contributed by atoms with Crippen LogP contribution < -0.4 is 5.32 Å². The van der Waals surface area contributed by atoms with Crippen LogP contribution >= 0.6 is 0 Å². The number of para-hydroxylation sites is 1. The second-order valence-corrected chi connectivity index (χ2v) is 6.93. The Hall–Kier alpha value is -2.67. The van der Waals surface area contributed by atoms with E-state index in [1.807, 2.05) is 42.2 Å². The minimum absolute atomic E-state index is 0.0439. The molecule has 7 nitrogen and oxygen atoms in total. The number of anilines is 1. The highest BCUT2D eigenvalue weighted by molar-refractivity contribution is 6.01. The maximum atomic E-state index is 13.0. The molecule has 1 aromatic carbocycles. The van der Waals surface area contributed by atoms with E-state index in [0.29, 0.717) is 19.6 Å². The quantitative estimate of drug-likeness (QED) is 0.909. The van der Waals surface area contributed by atoms with Gasteiger partial charge in [0, 0.05) is 44.4 Å². The molecule has 2 aromatic rings. The zero-order valence-electron chi connectivity index (χ0n) is 14.8. The maximum absolute atomic E-state index is 13.0. The molecule has 7 heteroatoms. The summed E-state index contributed by atoms with van der Waals surface area (Å²) in [6.07, 6.45) is 0.216. The molecular weight excluding hydrogens is 332 g/mol. The van der Waals surface area contributed by atoms with Crippen molar-refractivity contribution in [2.45, 2.75) is 25.8 Å². The highest BCUT2D eigenvalue weighted by Gasteiger charge is 2.34. The summed E-state index contributed by atoms with van der Waals surface area (Å²) in [7, 11) is 0. The van der Waals surface area contributed by atoms with Crippen molar-refractivity contribution in [3.05, 3.63) is 47.3 Å². The first kappa shape index (κ1) is 16.8. The lowest BCUT2D eigenvalue weighted by molar-refractivity contribution is -0.136. The third kappa shape index (κ3) is 3.35. The van der Waals surface area contributed by atoms with Gasteiger partial charge in [-0.05, 0) is 18.6 Å². The van der Waals surface area contributed by atoms with Crippen molar-refractivity contribution < 1.29 is 14.1 Å². The SMILES string of the molecule is Cc1cc(CN2CCN(C(=O)C3CC(=O)Nc4ccccc43)CC2)on1. The second kappa shape index (κ2) is 6.92. The fraction of sp³-hybridized carbons (Fsp3) is 0.421. The van der Waals surface area contributed by atoms with Gasteiger partial charge in [-0.15, -0.1) is 0 Å². The normalized spacial score (nSPS) is 20.6. The molecule has 0 spiro atoms. The number of piperazine rings is 1. The number of nitrogens with zero attached hydrogens (tertiary/aromatic N) is 3. The molecule has 4 rings (SSSR count). The number of benzene rings is 1. The highest BCUT2D eigenvalue weighted by Crippen LogP contribution is 2.33. The molecule has 0 radical (unpaired) electrons. The molecule has 2 amide bonds. The van der Waals surface area contributed by atoms with Crippen molar-refractivity contribution in [1.29, 1.82) is 0 Å². The number of nitrogens with one attached hydrogen (secondary N) is 1. The van der Waals surface area contributed by atoms with Crippen molar-refractivity contribution in [3.8, 4) is 0 Å². The van der Waals surface area contributed by atoms with Gasteiger partial charge in [0.1, 0.15) is 0 Å². The van der Waals surface area contributed by atoms with Gasteiger partial charge in [0.25, 0.3) is 0 Å². The number of amides is 2.